The molecule has 0 saturated heterocycles. The van der Waals surface area contributed by atoms with Crippen LogP contribution in [-0.2, 0) is 13.1 Å². The second-order valence-electron chi connectivity index (χ2n) is 5.57. The molecule has 0 bridgehead atoms. The Morgan fingerprint density at radius 3 is 2.58 bits per heavy atom. The van der Waals surface area contributed by atoms with Crippen LogP contribution in [0.2, 0.25) is 0 Å². The van der Waals surface area contributed by atoms with Crippen molar-refractivity contribution in [1.82, 2.24) is 15.0 Å². The molecule has 0 aromatic carbocycles. The maximum absolute atomic E-state index is 5.49. The van der Waals surface area contributed by atoms with Crippen molar-refractivity contribution in [2.75, 3.05) is 6.54 Å². The minimum Gasteiger partial charge on any atom is -0.338 e. The molecule has 1 aliphatic carbocycles. The minimum atomic E-state index is 0. The summed E-state index contributed by atoms with van der Waals surface area (Å²) in [5.74, 6) is 1.95. The van der Waals surface area contributed by atoms with Crippen LogP contribution in [-0.4, -0.2) is 27.6 Å². The van der Waals surface area contributed by atoms with Crippen LogP contribution in [0.4, 0.5) is 0 Å². The van der Waals surface area contributed by atoms with Crippen LogP contribution in [0.1, 0.15) is 51.2 Å². The van der Waals surface area contributed by atoms with Gasteiger partial charge in [-0.05, 0) is 18.8 Å². The second-order valence-corrected chi connectivity index (χ2v) is 5.57. The first-order valence-corrected chi connectivity index (χ1v) is 6.94. The summed E-state index contributed by atoms with van der Waals surface area (Å²) in [5.41, 5.74) is 5.49. The van der Waals surface area contributed by atoms with Crippen molar-refractivity contribution in [1.29, 1.82) is 0 Å². The third-order valence-corrected chi connectivity index (χ3v) is 3.47. The Hall–Kier alpha value is -0.650. The molecule has 0 aliphatic heterocycles. The topological polar surface area (TPSA) is 68.2 Å². The summed E-state index contributed by atoms with van der Waals surface area (Å²) in [6.45, 7) is 6.71. The third-order valence-electron chi connectivity index (χ3n) is 3.47. The van der Waals surface area contributed by atoms with E-state index in [9.17, 15) is 0 Å². The van der Waals surface area contributed by atoms with Gasteiger partial charge in [0.1, 0.15) is 0 Å². The smallest absolute Gasteiger partial charge is 0.240 e. The summed E-state index contributed by atoms with van der Waals surface area (Å²) < 4.78 is 5.07. The second kappa shape index (κ2) is 7.82. The molecule has 2 N–H and O–H groups in total. The molecule has 1 heterocycles. The van der Waals surface area contributed by atoms with E-state index in [-0.39, 0.29) is 12.4 Å². The molecule has 0 atom stereocenters. The Labute approximate surface area is 121 Å². The van der Waals surface area contributed by atoms with Gasteiger partial charge >= 0.3 is 0 Å². The van der Waals surface area contributed by atoms with Crippen molar-refractivity contribution in [3.05, 3.63) is 11.7 Å². The summed E-state index contributed by atoms with van der Waals surface area (Å²) in [7, 11) is 0. The Morgan fingerprint density at radius 1 is 1.37 bits per heavy atom. The highest BCUT2D eigenvalue weighted by molar-refractivity contribution is 5.85. The zero-order chi connectivity index (χ0) is 13.0. The summed E-state index contributed by atoms with van der Waals surface area (Å²) >= 11 is 0. The lowest BCUT2D eigenvalue weighted by atomic mass is 10.1. The van der Waals surface area contributed by atoms with Crippen molar-refractivity contribution in [2.45, 2.75) is 58.7 Å². The maximum Gasteiger partial charge on any atom is 0.240 e. The van der Waals surface area contributed by atoms with Crippen LogP contribution in [0, 0.1) is 5.92 Å². The number of nitrogens with two attached hydrogens (primary N) is 1. The van der Waals surface area contributed by atoms with E-state index in [0.29, 0.717) is 24.4 Å². The molecule has 19 heavy (non-hydrogen) atoms. The molecule has 1 aromatic rings. The quantitative estimate of drug-likeness (QED) is 0.870. The first-order valence-electron chi connectivity index (χ1n) is 6.94. The first kappa shape index (κ1) is 16.4. The fraction of sp³-hybridized carbons (Fsp3) is 0.846. The molecule has 0 amide bonds. The molecule has 1 aromatic heterocycles. The van der Waals surface area contributed by atoms with Gasteiger partial charge in [-0.15, -0.1) is 12.4 Å². The van der Waals surface area contributed by atoms with E-state index in [1.165, 1.54) is 25.7 Å². The first-order chi connectivity index (χ1) is 8.69. The number of hydrogen-bond donors (Lipinski definition) is 1. The van der Waals surface area contributed by atoms with Crippen LogP contribution in [0.15, 0.2) is 4.52 Å². The number of nitrogens with zero attached hydrogens (tertiary/aromatic N) is 3. The van der Waals surface area contributed by atoms with Crippen molar-refractivity contribution in [3.8, 4) is 0 Å². The molecule has 110 valence electrons. The van der Waals surface area contributed by atoms with Crippen LogP contribution in [0.5, 0.6) is 0 Å². The normalized spacial score (nSPS) is 16.3. The van der Waals surface area contributed by atoms with E-state index in [4.69, 9.17) is 10.3 Å². The fourth-order valence-corrected chi connectivity index (χ4v) is 2.70. The molecule has 0 unspecified atom stereocenters. The maximum atomic E-state index is 5.49. The Kier molecular flexibility index (Phi) is 6.75. The lowest BCUT2D eigenvalue weighted by Crippen LogP contribution is -2.36. The van der Waals surface area contributed by atoms with E-state index in [1.807, 2.05) is 0 Å². The molecule has 1 fully saturated rings. The highest BCUT2D eigenvalue weighted by atomic mass is 35.5. The van der Waals surface area contributed by atoms with Gasteiger partial charge in [0.25, 0.3) is 0 Å². The van der Waals surface area contributed by atoms with E-state index >= 15 is 0 Å². The third kappa shape index (κ3) is 4.75. The molecular formula is C13H25ClN4O. The average molecular weight is 289 g/mol. The predicted molar refractivity (Wildman–Crippen MR) is 76.9 cm³/mol. The van der Waals surface area contributed by atoms with E-state index in [0.717, 1.165) is 18.9 Å². The Morgan fingerprint density at radius 2 is 2.05 bits per heavy atom. The van der Waals surface area contributed by atoms with Crippen LogP contribution in [0.25, 0.3) is 0 Å². The van der Waals surface area contributed by atoms with Crippen molar-refractivity contribution in [3.63, 3.8) is 0 Å². The van der Waals surface area contributed by atoms with Crippen molar-refractivity contribution < 1.29 is 4.52 Å². The SMILES string of the molecule is CC(C)CN(Cc1noc(CN)n1)C1CCCC1.Cl. The number of rotatable bonds is 6. The monoisotopic (exact) mass is 288 g/mol. The molecule has 0 spiro atoms. The average Bonchev–Trinajstić information content (AvgIpc) is 2.98. The van der Waals surface area contributed by atoms with E-state index < -0.39 is 0 Å². The van der Waals surface area contributed by atoms with Gasteiger partial charge in [-0.2, -0.15) is 4.98 Å². The van der Waals surface area contributed by atoms with Gasteiger partial charge in [0, 0.05) is 12.6 Å². The van der Waals surface area contributed by atoms with Crippen molar-refractivity contribution in [2.24, 2.45) is 11.7 Å². The summed E-state index contributed by atoms with van der Waals surface area (Å²) in [5, 5.41) is 4.00. The van der Waals surface area contributed by atoms with Gasteiger partial charge in [0.05, 0.1) is 13.1 Å². The number of hydrogen-bond acceptors (Lipinski definition) is 5. The fourth-order valence-electron chi connectivity index (χ4n) is 2.70. The Balaban J connectivity index is 0.00000180. The lowest BCUT2D eigenvalue weighted by Gasteiger charge is -2.29. The molecule has 1 aliphatic rings. The zero-order valence-corrected chi connectivity index (χ0v) is 12.7. The predicted octanol–water partition coefficient (Wildman–Crippen LogP) is 2.35. The summed E-state index contributed by atoms with van der Waals surface area (Å²) in [6, 6.07) is 0.687. The molecule has 2 rings (SSSR count). The molecule has 1 saturated carbocycles. The number of aromatic nitrogens is 2. The van der Waals surface area contributed by atoms with Crippen LogP contribution < -0.4 is 5.73 Å². The Bertz CT molecular complexity index is 363. The largest absolute Gasteiger partial charge is 0.338 e. The molecule has 6 heteroatoms. The summed E-state index contributed by atoms with van der Waals surface area (Å²) in [6.07, 6.45) is 5.29. The van der Waals surface area contributed by atoms with Crippen molar-refractivity contribution >= 4 is 12.4 Å². The van der Waals surface area contributed by atoms with Gasteiger partial charge < -0.3 is 10.3 Å². The van der Waals surface area contributed by atoms with Crippen LogP contribution in [0.3, 0.4) is 0 Å². The minimum absolute atomic E-state index is 0. The van der Waals surface area contributed by atoms with Gasteiger partial charge in [0.2, 0.25) is 5.89 Å². The lowest BCUT2D eigenvalue weighted by molar-refractivity contribution is 0.162. The molecular weight excluding hydrogens is 264 g/mol. The molecule has 0 radical (unpaired) electrons. The van der Waals surface area contributed by atoms with Gasteiger partial charge in [-0.25, -0.2) is 0 Å². The molecule has 5 nitrogen and oxygen atoms in total. The highest BCUT2D eigenvalue weighted by Gasteiger charge is 2.24. The van der Waals surface area contributed by atoms with E-state index in [2.05, 4.69) is 28.9 Å². The van der Waals surface area contributed by atoms with E-state index in [1.54, 1.807) is 0 Å². The summed E-state index contributed by atoms with van der Waals surface area (Å²) in [4.78, 5) is 6.81. The highest BCUT2D eigenvalue weighted by Crippen LogP contribution is 2.25. The standard InChI is InChI=1S/C13H24N4O.ClH/c1-10(2)8-17(11-5-3-4-6-11)9-12-15-13(7-14)18-16-12;/h10-11H,3-9,14H2,1-2H3;1H. The zero-order valence-electron chi connectivity index (χ0n) is 11.8. The van der Waals surface area contributed by atoms with Crippen LogP contribution >= 0.6 is 12.4 Å². The van der Waals surface area contributed by atoms with Gasteiger partial charge in [0.15, 0.2) is 5.82 Å². The van der Waals surface area contributed by atoms with Gasteiger partial charge in [-0.3, -0.25) is 4.90 Å². The van der Waals surface area contributed by atoms with Gasteiger partial charge in [-0.1, -0.05) is 31.8 Å². The number of halogens is 1.